The predicted molar refractivity (Wildman–Crippen MR) is 53.5 cm³/mol. The van der Waals surface area contributed by atoms with Gasteiger partial charge in [0.2, 0.25) is 5.88 Å². The average molecular weight is 202 g/mol. The largest absolute Gasteiger partial charge is 0.493 e. The molecule has 1 aromatic heterocycles. The molecular formula is C8H14N2O2S. The lowest BCUT2D eigenvalue weighted by molar-refractivity contribution is 0.196. The molecule has 0 bridgehead atoms. The number of aromatic nitrogens is 1. The standard InChI is InChI=1S/C8H14N2O2S/c1-10(4-3-5-12-2)8-6-7(11)9-13-8/h6H,3-5H2,1-2H3,(H,9,11). The van der Waals surface area contributed by atoms with Crippen LogP contribution in [-0.4, -0.2) is 36.8 Å². The topological polar surface area (TPSA) is 45.6 Å². The van der Waals surface area contributed by atoms with Crippen molar-refractivity contribution in [3.8, 4) is 5.88 Å². The van der Waals surface area contributed by atoms with Crippen molar-refractivity contribution in [1.29, 1.82) is 0 Å². The second kappa shape index (κ2) is 5.04. The molecule has 0 amide bonds. The maximum absolute atomic E-state index is 9.02. The summed E-state index contributed by atoms with van der Waals surface area (Å²) in [5.41, 5.74) is 0. The van der Waals surface area contributed by atoms with Gasteiger partial charge in [-0.15, -0.1) is 0 Å². The molecule has 0 spiro atoms. The van der Waals surface area contributed by atoms with Gasteiger partial charge in [0.25, 0.3) is 0 Å². The van der Waals surface area contributed by atoms with Crippen molar-refractivity contribution in [1.82, 2.24) is 4.37 Å². The van der Waals surface area contributed by atoms with E-state index < -0.39 is 0 Å². The minimum absolute atomic E-state index is 0.0959. The van der Waals surface area contributed by atoms with Gasteiger partial charge in [-0.25, -0.2) is 0 Å². The van der Waals surface area contributed by atoms with Crippen molar-refractivity contribution in [3.63, 3.8) is 0 Å². The number of ether oxygens (including phenoxy) is 1. The first-order chi connectivity index (χ1) is 6.24. The Morgan fingerprint density at radius 2 is 2.46 bits per heavy atom. The summed E-state index contributed by atoms with van der Waals surface area (Å²) in [5, 5.41) is 10.0. The molecule has 0 saturated carbocycles. The fourth-order valence-electron chi connectivity index (χ4n) is 0.993. The highest BCUT2D eigenvalue weighted by molar-refractivity contribution is 7.10. The van der Waals surface area contributed by atoms with Gasteiger partial charge in [-0.3, -0.25) is 0 Å². The van der Waals surface area contributed by atoms with Crippen molar-refractivity contribution in [2.24, 2.45) is 0 Å². The number of hydrogen-bond donors (Lipinski definition) is 1. The molecule has 1 N–H and O–H groups in total. The lowest BCUT2D eigenvalue weighted by Gasteiger charge is -2.15. The summed E-state index contributed by atoms with van der Waals surface area (Å²) in [5.74, 6) is 0.0959. The Kier molecular flexibility index (Phi) is 3.98. The molecule has 0 atom stereocenters. The van der Waals surface area contributed by atoms with Gasteiger partial charge >= 0.3 is 0 Å². The SMILES string of the molecule is COCCCN(C)c1cc(O)ns1. The summed E-state index contributed by atoms with van der Waals surface area (Å²) in [6.07, 6.45) is 0.978. The van der Waals surface area contributed by atoms with E-state index in [0.717, 1.165) is 24.6 Å². The van der Waals surface area contributed by atoms with Crippen LogP contribution in [-0.2, 0) is 4.74 Å². The number of aromatic hydroxyl groups is 1. The van der Waals surface area contributed by atoms with Crippen LogP contribution in [0.3, 0.4) is 0 Å². The normalized spacial score (nSPS) is 10.3. The van der Waals surface area contributed by atoms with Crippen molar-refractivity contribution in [2.75, 3.05) is 32.2 Å². The lowest BCUT2D eigenvalue weighted by atomic mass is 10.4. The van der Waals surface area contributed by atoms with Gasteiger partial charge in [0.05, 0.1) is 0 Å². The molecule has 74 valence electrons. The Labute approximate surface area is 81.9 Å². The maximum Gasteiger partial charge on any atom is 0.224 e. The first-order valence-corrected chi connectivity index (χ1v) is 4.87. The van der Waals surface area contributed by atoms with Gasteiger partial charge in [0.15, 0.2) is 0 Å². The maximum atomic E-state index is 9.02. The summed E-state index contributed by atoms with van der Waals surface area (Å²) in [4.78, 5) is 2.05. The van der Waals surface area contributed by atoms with Crippen molar-refractivity contribution in [3.05, 3.63) is 6.07 Å². The summed E-state index contributed by atoms with van der Waals surface area (Å²) >= 11 is 1.30. The molecule has 4 nitrogen and oxygen atoms in total. The number of methoxy groups -OCH3 is 1. The zero-order valence-electron chi connectivity index (χ0n) is 7.86. The van der Waals surface area contributed by atoms with Gasteiger partial charge < -0.3 is 14.7 Å². The van der Waals surface area contributed by atoms with Crippen LogP contribution in [0, 0.1) is 0 Å². The molecule has 5 heteroatoms. The molecule has 1 aromatic rings. The highest BCUT2D eigenvalue weighted by atomic mass is 32.1. The Morgan fingerprint density at radius 3 is 3.00 bits per heavy atom. The fourth-order valence-corrected chi connectivity index (χ4v) is 1.62. The number of hydrogen-bond acceptors (Lipinski definition) is 5. The molecule has 1 heterocycles. The molecule has 0 saturated heterocycles. The third-order valence-electron chi connectivity index (χ3n) is 1.70. The van der Waals surface area contributed by atoms with Crippen molar-refractivity contribution >= 4 is 16.5 Å². The summed E-state index contributed by atoms with van der Waals surface area (Å²) < 4.78 is 8.74. The Balaban J connectivity index is 2.35. The van der Waals surface area contributed by atoms with E-state index in [0.29, 0.717) is 0 Å². The molecule has 13 heavy (non-hydrogen) atoms. The van der Waals surface area contributed by atoms with E-state index in [9.17, 15) is 0 Å². The molecule has 0 unspecified atom stereocenters. The van der Waals surface area contributed by atoms with E-state index in [2.05, 4.69) is 9.27 Å². The van der Waals surface area contributed by atoms with Crippen LogP contribution in [0.2, 0.25) is 0 Å². The van der Waals surface area contributed by atoms with E-state index in [4.69, 9.17) is 9.84 Å². The van der Waals surface area contributed by atoms with Crippen LogP contribution in [0.4, 0.5) is 5.00 Å². The van der Waals surface area contributed by atoms with Crippen LogP contribution in [0.5, 0.6) is 5.88 Å². The van der Waals surface area contributed by atoms with E-state index in [1.807, 2.05) is 7.05 Å². The molecule has 1 rings (SSSR count). The molecular weight excluding hydrogens is 188 g/mol. The average Bonchev–Trinajstić information content (AvgIpc) is 2.52. The molecule has 0 aromatic carbocycles. The second-order valence-electron chi connectivity index (χ2n) is 2.79. The minimum atomic E-state index is 0.0959. The van der Waals surface area contributed by atoms with Gasteiger partial charge in [0.1, 0.15) is 5.00 Å². The van der Waals surface area contributed by atoms with Gasteiger partial charge in [-0.2, -0.15) is 4.37 Å². The Morgan fingerprint density at radius 1 is 1.69 bits per heavy atom. The third kappa shape index (κ3) is 3.20. The summed E-state index contributed by atoms with van der Waals surface area (Å²) in [6.45, 7) is 1.67. The van der Waals surface area contributed by atoms with E-state index in [1.54, 1.807) is 13.2 Å². The third-order valence-corrected chi connectivity index (χ3v) is 2.60. The second-order valence-corrected chi connectivity index (χ2v) is 3.57. The predicted octanol–water partition coefficient (Wildman–Crippen LogP) is 1.32. The van der Waals surface area contributed by atoms with Gasteiger partial charge in [-0.05, 0) is 18.0 Å². The fraction of sp³-hybridized carbons (Fsp3) is 0.625. The van der Waals surface area contributed by atoms with Crippen LogP contribution in [0.15, 0.2) is 6.07 Å². The van der Waals surface area contributed by atoms with Crippen LogP contribution >= 0.6 is 11.5 Å². The van der Waals surface area contributed by atoms with Crippen molar-refractivity contribution < 1.29 is 9.84 Å². The molecule has 0 aliphatic heterocycles. The number of nitrogens with zero attached hydrogens (tertiary/aromatic N) is 2. The molecule has 0 radical (unpaired) electrons. The number of anilines is 1. The van der Waals surface area contributed by atoms with Crippen LogP contribution in [0.1, 0.15) is 6.42 Å². The van der Waals surface area contributed by atoms with Gasteiger partial charge in [0, 0.05) is 33.4 Å². The van der Waals surface area contributed by atoms with Crippen molar-refractivity contribution in [2.45, 2.75) is 6.42 Å². The van der Waals surface area contributed by atoms with Gasteiger partial charge in [-0.1, -0.05) is 0 Å². The highest BCUT2D eigenvalue weighted by Gasteiger charge is 2.04. The molecule has 0 aliphatic rings. The zero-order chi connectivity index (χ0) is 9.68. The quantitative estimate of drug-likeness (QED) is 0.731. The lowest BCUT2D eigenvalue weighted by Crippen LogP contribution is -2.18. The zero-order valence-corrected chi connectivity index (χ0v) is 8.67. The molecule has 0 aliphatic carbocycles. The highest BCUT2D eigenvalue weighted by Crippen LogP contribution is 2.23. The molecule has 0 fully saturated rings. The smallest absolute Gasteiger partial charge is 0.224 e. The van der Waals surface area contributed by atoms with Crippen LogP contribution < -0.4 is 4.90 Å². The van der Waals surface area contributed by atoms with E-state index in [1.165, 1.54) is 11.5 Å². The Bertz CT molecular complexity index is 252. The Hall–Kier alpha value is -0.810. The van der Waals surface area contributed by atoms with E-state index >= 15 is 0 Å². The summed E-state index contributed by atoms with van der Waals surface area (Å²) in [6, 6.07) is 1.66. The first-order valence-electron chi connectivity index (χ1n) is 4.10. The summed E-state index contributed by atoms with van der Waals surface area (Å²) in [7, 11) is 3.67. The van der Waals surface area contributed by atoms with Crippen LogP contribution in [0.25, 0.3) is 0 Å². The number of rotatable bonds is 5. The van der Waals surface area contributed by atoms with E-state index in [-0.39, 0.29) is 5.88 Å². The first kappa shape index (κ1) is 10.3. The monoisotopic (exact) mass is 202 g/mol. The minimum Gasteiger partial charge on any atom is -0.493 e.